The smallest absolute Gasteiger partial charge is 0.253 e. The number of hydrogen-bond donors (Lipinski definition) is 2. The van der Waals surface area contributed by atoms with Gasteiger partial charge in [0.2, 0.25) is 10.0 Å². The molecule has 0 unspecified atom stereocenters. The Morgan fingerprint density at radius 3 is 2.54 bits per heavy atom. The molecule has 24 heavy (non-hydrogen) atoms. The third-order valence-corrected chi connectivity index (χ3v) is 4.57. The van der Waals surface area contributed by atoms with Crippen LogP contribution in [0.3, 0.4) is 0 Å². The lowest BCUT2D eigenvalue weighted by Gasteiger charge is -2.29. The average molecular weight is 352 g/mol. The topological polar surface area (TPSA) is 126 Å². The molecule has 8 nitrogen and oxygen atoms in total. The number of nitrogens with two attached hydrogens (primary N) is 1. The van der Waals surface area contributed by atoms with E-state index < -0.39 is 21.5 Å². The number of carbonyl (C=O) groups excluding carboxylic acids is 1. The number of hydrogen-bond acceptors (Lipinski definition) is 6. The van der Waals surface area contributed by atoms with Crippen LogP contribution < -0.4 is 15.4 Å². The van der Waals surface area contributed by atoms with Crippen LogP contribution in [0.1, 0.15) is 24.2 Å². The van der Waals surface area contributed by atoms with Gasteiger partial charge in [0.25, 0.3) is 5.91 Å². The van der Waals surface area contributed by atoms with E-state index in [0.717, 1.165) is 0 Å². The van der Waals surface area contributed by atoms with Gasteiger partial charge in [0.15, 0.2) is 0 Å². The summed E-state index contributed by atoms with van der Waals surface area (Å²) in [6, 6.07) is 6.34. The molecule has 0 radical (unpaired) electrons. The Hall–Kier alpha value is -2.15. The van der Waals surface area contributed by atoms with Gasteiger partial charge in [-0.05, 0) is 32.0 Å². The molecule has 0 saturated carbocycles. The molecular weight excluding hydrogens is 332 g/mol. The predicted octanol–water partition coefficient (Wildman–Crippen LogP) is 0.203. The normalized spacial score (nSPS) is 15.7. The first-order chi connectivity index (χ1) is 11.1. The van der Waals surface area contributed by atoms with Gasteiger partial charge in [0.1, 0.15) is 5.54 Å². The Balaban J connectivity index is 2.45. The number of rotatable bonds is 4. The molecule has 1 amide bonds. The number of sulfonamides is 1. The number of morpholine rings is 1. The minimum absolute atomic E-state index is 0.0789. The SMILES string of the molecule is CC(C)(C#N)NC(=O)c1cc(N2CCOCC2)ccc1S(N)(=O)=O. The predicted molar refractivity (Wildman–Crippen MR) is 88.0 cm³/mol. The molecular formula is C15H20N4O4S. The highest BCUT2D eigenvalue weighted by Gasteiger charge is 2.26. The first-order valence-electron chi connectivity index (χ1n) is 7.37. The third-order valence-electron chi connectivity index (χ3n) is 3.60. The molecule has 0 spiro atoms. The number of anilines is 1. The molecule has 3 N–H and O–H groups in total. The van der Waals surface area contributed by atoms with Gasteiger partial charge in [0.05, 0.1) is 29.7 Å². The van der Waals surface area contributed by atoms with Crippen molar-refractivity contribution in [3.05, 3.63) is 23.8 Å². The van der Waals surface area contributed by atoms with E-state index in [9.17, 15) is 13.2 Å². The molecule has 0 aliphatic carbocycles. The number of nitriles is 1. The van der Waals surface area contributed by atoms with E-state index in [-0.39, 0.29) is 10.5 Å². The summed E-state index contributed by atoms with van der Waals surface area (Å²) in [5, 5.41) is 16.8. The van der Waals surface area contributed by atoms with Crippen LogP contribution in [0.2, 0.25) is 0 Å². The van der Waals surface area contributed by atoms with Crippen molar-refractivity contribution in [2.45, 2.75) is 24.3 Å². The van der Waals surface area contributed by atoms with E-state index in [0.29, 0.717) is 32.0 Å². The van der Waals surface area contributed by atoms with Crippen LogP contribution in [-0.4, -0.2) is 46.2 Å². The maximum Gasteiger partial charge on any atom is 0.253 e. The van der Waals surface area contributed by atoms with Gasteiger partial charge < -0.3 is 15.0 Å². The van der Waals surface area contributed by atoms with Crippen LogP contribution in [0, 0.1) is 11.3 Å². The van der Waals surface area contributed by atoms with Crippen LogP contribution in [0.4, 0.5) is 5.69 Å². The molecule has 130 valence electrons. The first kappa shape index (κ1) is 18.2. The van der Waals surface area contributed by atoms with Gasteiger partial charge in [-0.1, -0.05) is 0 Å². The zero-order valence-corrected chi connectivity index (χ0v) is 14.4. The lowest BCUT2D eigenvalue weighted by atomic mass is 10.1. The summed E-state index contributed by atoms with van der Waals surface area (Å²) in [5.74, 6) is -0.666. The Bertz CT molecular complexity index is 777. The fourth-order valence-corrected chi connectivity index (χ4v) is 3.06. The van der Waals surface area contributed by atoms with Crippen molar-refractivity contribution in [2.75, 3.05) is 31.2 Å². The molecule has 1 aromatic rings. The summed E-state index contributed by atoms with van der Waals surface area (Å²) in [4.78, 5) is 14.2. The third kappa shape index (κ3) is 4.23. The van der Waals surface area contributed by atoms with Crippen molar-refractivity contribution >= 4 is 21.6 Å². The molecule has 9 heteroatoms. The summed E-state index contributed by atoms with van der Waals surface area (Å²) < 4.78 is 28.8. The molecule has 2 rings (SSSR count). The summed E-state index contributed by atoms with van der Waals surface area (Å²) in [5.41, 5.74) is -0.516. The second kappa shape index (κ2) is 6.76. The zero-order chi connectivity index (χ0) is 18.0. The highest BCUT2D eigenvalue weighted by Crippen LogP contribution is 2.24. The number of amides is 1. The zero-order valence-electron chi connectivity index (χ0n) is 13.6. The monoisotopic (exact) mass is 352 g/mol. The van der Waals surface area contributed by atoms with Gasteiger partial charge >= 0.3 is 0 Å². The van der Waals surface area contributed by atoms with Crippen LogP contribution in [0.15, 0.2) is 23.1 Å². The largest absolute Gasteiger partial charge is 0.378 e. The van der Waals surface area contributed by atoms with Crippen LogP contribution >= 0.6 is 0 Å². The molecule has 1 fully saturated rings. The summed E-state index contributed by atoms with van der Waals surface area (Å²) in [7, 11) is -4.08. The molecule has 1 aliphatic heterocycles. The Morgan fingerprint density at radius 1 is 1.38 bits per heavy atom. The van der Waals surface area contributed by atoms with Gasteiger partial charge in [-0.25, -0.2) is 13.6 Å². The lowest BCUT2D eigenvalue weighted by Crippen LogP contribution is -2.43. The minimum atomic E-state index is -4.08. The lowest BCUT2D eigenvalue weighted by molar-refractivity contribution is 0.0926. The molecule has 1 aromatic carbocycles. The van der Waals surface area contributed by atoms with Crippen molar-refractivity contribution in [3.8, 4) is 6.07 Å². The second-order valence-electron chi connectivity index (χ2n) is 6.02. The van der Waals surface area contributed by atoms with E-state index in [4.69, 9.17) is 15.1 Å². The maximum absolute atomic E-state index is 12.5. The van der Waals surface area contributed by atoms with Crippen molar-refractivity contribution in [1.29, 1.82) is 5.26 Å². The van der Waals surface area contributed by atoms with Crippen LogP contribution in [0.25, 0.3) is 0 Å². The van der Waals surface area contributed by atoms with Gasteiger partial charge in [-0.3, -0.25) is 4.79 Å². The number of nitrogens with zero attached hydrogens (tertiary/aromatic N) is 2. The molecule has 0 atom stereocenters. The highest BCUT2D eigenvalue weighted by molar-refractivity contribution is 7.89. The quantitative estimate of drug-likeness (QED) is 0.797. The second-order valence-corrected chi connectivity index (χ2v) is 7.55. The van der Waals surface area contributed by atoms with Crippen molar-refractivity contribution in [2.24, 2.45) is 5.14 Å². The van der Waals surface area contributed by atoms with E-state index in [1.54, 1.807) is 6.07 Å². The minimum Gasteiger partial charge on any atom is -0.378 e. The number of ether oxygens (including phenoxy) is 1. The van der Waals surface area contributed by atoms with Crippen molar-refractivity contribution in [1.82, 2.24) is 5.32 Å². The van der Waals surface area contributed by atoms with Gasteiger partial charge in [-0.2, -0.15) is 5.26 Å². The fraction of sp³-hybridized carbons (Fsp3) is 0.467. The molecule has 1 aliphatic rings. The van der Waals surface area contributed by atoms with Crippen LogP contribution in [-0.2, 0) is 14.8 Å². The van der Waals surface area contributed by atoms with Crippen molar-refractivity contribution < 1.29 is 17.9 Å². The molecule has 1 heterocycles. The summed E-state index contributed by atoms with van der Waals surface area (Å²) >= 11 is 0. The van der Waals surface area contributed by atoms with Crippen LogP contribution in [0.5, 0.6) is 0 Å². The summed E-state index contributed by atoms with van der Waals surface area (Å²) in [6.07, 6.45) is 0. The Morgan fingerprint density at radius 2 is 2.00 bits per heavy atom. The first-order valence-corrected chi connectivity index (χ1v) is 8.92. The van der Waals surface area contributed by atoms with Gasteiger partial charge in [-0.15, -0.1) is 0 Å². The van der Waals surface area contributed by atoms with Gasteiger partial charge in [0, 0.05) is 18.8 Å². The summed E-state index contributed by atoms with van der Waals surface area (Å²) in [6.45, 7) is 5.43. The molecule has 0 aromatic heterocycles. The van der Waals surface area contributed by atoms with E-state index in [1.807, 2.05) is 11.0 Å². The Kier molecular flexibility index (Phi) is 5.13. The molecule has 0 bridgehead atoms. The number of nitrogens with one attached hydrogen (secondary N) is 1. The number of carbonyl (C=O) groups is 1. The molecule has 1 saturated heterocycles. The van der Waals surface area contributed by atoms with E-state index in [1.165, 1.54) is 26.0 Å². The number of benzene rings is 1. The number of primary sulfonamides is 1. The highest BCUT2D eigenvalue weighted by atomic mass is 32.2. The average Bonchev–Trinajstić information content (AvgIpc) is 2.54. The standard InChI is InChI=1S/C15H20N4O4S/c1-15(2,10-16)18-14(20)12-9-11(19-5-7-23-8-6-19)3-4-13(12)24(17,21)22/h3-4,9H,5-8H2,1-2H3,(H,18,20)(H2,17,21,22). The fourth-order valence-electron chi connectivity index (χ4n) is 2.34. The van der Waals surface area contributed by atoms with Crippen molar-refractivity contribution in [3.63, 3.8) is 0 Å². The maximum atomic E-state index is 12.5. The van der Waals surface area contributed by atoms with E-state index in [2.05, 4.69) is 5.32 Å². The van der Waals surface area contributed by atoms with E-state index >= 15 is 0 Å². The Labute approximate surface area is 141 Å².